The van der Waals surface area contributed by atoms with Gasteiger partial charge in [0, 0.05) is 29.8 Å². The quantitative estimate of drug-likeness (QED) is 0.191. The molecule has 1 aromatic heterocycles. The second-order valence-electron chi connectivity index (χ2n) is 7.29. The fourth-order valence-electron chi connectivity index (χ4n) is 3.34. The van der Waals surface area contributed by atoms with Crippen molar-refractivity contribution < 1.29 is 4.79 Å². The molecule has 160 valence electrons. The van der Waals surface area contributed by atoms with Crippen molar-refractivity contribution in [2.24, 2.45) is 16.6 Å². The van der Waals surface area contributed by atoms with Crippen LogP contribution in [0.25, 0.3) is 0 Å². The van der Waals surface area contributed by atoms with E-state index >= 15 is 0 Å². The number of halogens is 1. The molecular formula is C20H36IN5OS. The molecule has 1 aliphatic rings. The number of thiophene rings is 1. The molecule has 8 heteroatoms. The van der Waals surface area contributed by atoms with Gasteiger partial charge in [-0.05, 0) is 63.7 Å². The number of nitrogens with two attached hydrogens (primary N) is 1. The molecule has 0 radical (unpaired) electrons. The largest absolute Gasteiger partial charge is 0.369 e. The van der Waals surface area contributed by atoms with Crippen molar-refractivity contribution in [3.8, 4) is 0 Å². The number of guanidine groups is 1. The maximum Gasteiger partial charge on any atom is 0.220 e. The van der Waals surface area contributed by atoms with E-state index in [2.05, 4.69) is 46.9 Å². The summed E-state index contributed by atoms with van der Waals surface area (Å²) in [6.07, 6.45) is 4.08. The summed E-state index contributed by atoms with van der Waals surface area (Å²) in [6.45, 7) is 9.99. The third-order valence-electron chi connectivity index (χ3n) is 5.08. The lowest BCUT2D eigenvalue weighted by molar-refractivity contribution is -0.123. The van der Waals surface area contributed by atoms with Gasteiger partial charge < -0.3 is 21.3 Å². The highest BCUT2D eigenvalue weighted by atomic mass is 127. The first kappa shape index (κ1) is 25.2. The predicted molar refractivity (Wildman–Crippen MR) is 130 cm³/mol. The Hall–Kier alpha value is -0.870. The molecule has 0 saturated carbocycles. The van der Waals surface area contributed by atoms with Crippen LogP contribution < -0.4 is 16.4 Å². The number of piperidine rings is 1. The van der Waals surface area contributed by atoms with E-state index in [4.69, 9.17) is 10.7 Å². The SMILES string of the molecule is CCNC(=NCC(C)c1cccs1)NCCCCN1CCC(C(N)=O)CC1.I. The number of nitrogens with one attached hydrogen (secondary N) is 2. The van der Waals surface area contributed by atoms with Crippen LogP contribution in [0.5, 0.6) is 0 Å². The molecule has 1 aliphatic heterocycles. The Balaban J connectivity index is 0.00000392. The molecule has 1 saturated heterocycles. The minimum Gasteiger partial charge on any atom is -0.369 e. The lowest BCUT2D eigenvalue weighted by atomic mass is 9.96. The van der Waals surface area contributed by atoms with E-state index in [1.165, 1.54) is 4.88 Å². The fourth-order valence-corrected chi connectivity index (χ4v) is 4.12. The number of amides is 1. The first-order valence-electron chi connectivity index (χ1n) is 10.2. The van der Waals surface area contributed by atoms with Gasteiger partial charge in [0.15, 0.2) is 5.96 Å². The van der Waals surface area contributed by atoms with Gasteiger partial charge in [0.1, 0.15) is 0 Å². The zero-order chi connectivity index (χ0) is 19.5. The number of aliphatic imine (C=N–C) groups is 1. The van der Waals surface area contributed by atoms with Gasteiger partial charge in [-0.25, -0.2) is 0 Å². The van der Waals surface area contributed by atoms with Crippen molar-refractivity contribution in [2.45, 2.75) is 45.4 Å². The predicted octanol–water partition coefficient (Wildman–Crippen LogP) is 3.00. The molecule has 1 amide bonds. The minimum absolute atomic E-state index is 0. The Labute approximate surface area is 190 Å². The maximum absolute atomic E-state index is 11.2. The van der Waals surface area contributed by atoms with Gasteiger partial charge in [0.05, 0.1) is 6.54 Å². The Morgan fingerprint density at radius 2 is 2.11 bits per heavy atom. The summed E-state index contributed by atoms with van der Waals surface area (Å²) < 4.78 is 0. The maximum atomic E-state index is 11.2. The average molecular weight is 522 g/mol. The number of carbonyl (C=O) groups excluding carboxylic acids is 1. The summed E-state index contributed by atoms with van der Waals surface area (Å²) >= 11 is 1.80. The number of unbranched alkanes of at least 4 members (excludes halogenated alkanes) is 1. The zero-order valence-electron chi connectivity index (χ0n) is 17.2. The lowest BCUT2D eigenvalue weighted by Gasteiger charge is -2.30. The van der Waals surface area contributed by atoms with Gasteiger partial charge >= 0.3 is 0 Å². The van der Waals surface area contributed by atoms with Crippen LogP contribution in [0.3, 0.4) is 0 Å². The summed E-state index contributed by atoms with van der Waals surface area (Å²) in [6, 6.07) is 4.28. The van der Waals surface area contributed by atoms with Gasteiger partial charge in [0.25, 0.3) is 0 Å². The minimum atomic E-state index is -0.137. The van der Waals surface area contributed by atoms with Crippen LogP contribution >= 0.6 is 35.3 Å². The number of likely N-dealkylation sites (tertiary alicyclic amines) is 1. The van der Waals surface area contributed by atoms with E-state index < -0.39 is 0 Å². The van der Waals surface area contributed by atoms with Gasteiger partial charge in [-0.3, -0.25) is 9.79 Å². The van der Waals surface area contributed by atoms with Gasteiger partial charge in [-0.15, -0.1) is 35.3 Å². The van der Waals surface area contributed by atoms with E-state index in [-0.39, 0.29) is 35.8 Å². The third-order valence-corrected chi connectivity index (χ3v) is 6.18. The topological polar surface area (TPSA) is 82.8 Å². The zero-order valence-corrected chi connectivity index (χ0v) is 20.3. The number of rotatable bonds is 10. The number of nitrogens with zero attached hydrogens (tertiary/aromatic N) is 2. The Bertz CT molecular complexity index is 573. The molecule has 2 heterocycles. The monoisotopic (exact) mass is 521 g/mol. The second-order valence-corrected chi connectivity index (χ2v) is 8.27. The van der Waals surface area contributed by atoms with Crippen LogP contribution in [-0.2, 0) is 4.79 Å². The standard InChI is InChI=1S/C20H35N5OS.HI/c1-3-22-20(24-15-16(2)18-7-6-14-27-18)23-10-4-5-11-25-12-8-17(9-13-25)19(21)26;/h6-7,14,16-17H,3-5,8-13,15H2,1-2H3,(H2,21,26)(H2,22,23,24);1H. The molecular weight excluding hydrogens is 485 g/mol. The lowest BCUT2D eigenvalue weighted by Crippen LogP contribution is -2.39. The van der Waals surface area contributed by atoms with Crippen molar-refractivity contribution in [1.82, 2.24) is 15.5 Å². The first-order chi connectivity index (χ1) is 13.1. The Morgan fingerprint density at radius 3 is 2.71 bits per heavy atom. The number of primary amides is 1. The van der Waals surface area contributed by atoms with Crippen LogP contribution in [0.15, 0.2) is 22.5 Å². The van der Waals surface area contributed by atoms with Crippen LogP contribution in [0.1, 0.15) is 50.3 Å². The molecule has 0 aromatic carbocycles. The highest BCUT2D eigenvalue weighted by Crippen LogP contribution is 2.20. The molecule has 1 unspecified atom stereocenters. The highest BCUT2D eigenvalue weighted by Gasteiger charge is 2.22. The Kier molecular flexibility index (Phi) is 12.7. The molecule has 6 nitrogen and oxygen atoms in total. The summed E-state index contributed by atoms with van der Waals surface area (Å²) in [5.41, 5.74) is 5.39. The molecule has 28 heavy (non-hydrogen) atoms. The van der Waals surface area contributed by atoms with Gasteiger partial charge in [-0.1, -0.05) is 13.0 Å². The summed E-state index contributed by atoms with van der Waals surface area (Å²) in [5.74, 6) is 1.30. The van der Waals surface area contributed by atoms with Crippen molar-refractivity contribution >= 4 is 47.2 Å². The molecule has 0 spiro atoms. The highest BCUT2D eigenvalue weighted by molar-refractivity contribution is 14.0. The smallest absolute Gasteiger partial charge is 0.220 e. The average Bonchev–Trinajstić information content (AvgIpc) is 3.20. The molecule has 1 atom stereocenters. The molecule has 0 bridgehead atoms. The van der Waals surface area contributed by atoms with Crippen molar-refractivity contribution in [2.75, 3.05) is 39.3 Å². The van der Waals surface area contributed by atoms with Crippen LogP contribution in [0.2, 0.25) is 0 Å². The number of hydrogen-bond donors (Lipinski definition) is 3. The van der Waals surface area contributed by atoms with E-state index in [1.807, 2.05) is 0 Å². The fraction of sp³-hybridized carbons (Fsp3) is 0.700. The van der Waals surface area contributed by atoms with Gasteiger partial charge in [-0.2, -0.15) is 0 Å². The summed E-state index contributed by atoms with van der Waals surface area (Å²) in [7, 11) is 0. The number of carbonyl (C=O) groups is 1. The number of hydrogen-bond acceptors (Lipinski definition) is 4. The molecule has 2 rings (SSSR count). The summed E-state index contributed by atoms with van der Waals surface area (Å²) in [4.78, 5) is 19.8. The van der Waals surface area contributed by atoms with Crippen molar-refractivity contribution in [3.05, 3.63) is 22.4 Å². The van der Waals surface area contributed by atoms with Crippen LogP contribution in [0.4, 0.5) is 0 Å². The first-order valence-corrected chi connectivity index (χ1v) is 11.0. The van der Waals surface area contributed by atoms with E-state index in [0.29, 0.717) is 5.92 Å². The molecule has 1 fully saturated rings. The summed E-state index contributed by atoms with van der Waals surface area (Å²) in [5, 5.41) is 8.89. The van der Waals surface area contributed by atoms with E-state index in [9.17, 15) is 4.79 Å². The molecule has 1 aromatic rings. The van der Waals surface area contributed by atoms with Gasteiger partial charge in [0.2, 0.25) is 5.91 Å². The van der Waals surface area contributed by atoms with Crippen LogP contribution in [0, 0.1) is 5.92 Å². The van der Waals surface area contributed by atoms with E-state index in [0.717, 1.165) is 70.9 Å². The third kappa shape index (κ3) is 9.09. The van der Waals surface area contributed by atoms with E-state index in [1.54, 1.807) is 11.3 Å². The van der Waals surface area contributed by atoms with Crippen LogP contribution in [-0.4, -0.2) is 56.0 Å². The van der Waals surface area contributed by atoms with Crippen molar-refractivity contribution in [3.63, 3.8) is 0 Å². The molecule has 4 N–H and O–H groups in total. The molecule has 0 aliphatic carbocycles. The second kappa shape index (κ2) is 14.2. The van der Waals surface area contributed by atoms with Crippen molar-refractivity contribution in [1.29, 1.82) is 0 Å². The Morgan fingerprint density at radius 1 is 1.36 bits per heavy atom. The normalized spacial score (nSPS) is 17.0.